The molecule has 7 heteroatoms. The maximum absolute atomic E-state index is 11.1. The number of rotatable bonds is 8. The maximum atomic E-state index is 11.1. The molecule has 0 saturated heterocycles. The van der Waals surface area contributed by atoms with Crippen LogP contribution in [-0.2, 0) is 4.79 Å². The second-order valence-corrected chi connectivity index (χ2v) is 5.65. The number of amides is 1. The molecular formula is C8H20N4OS2. The summed E-state index contributed by atoms with van der Waals surface area (Å²) in [7, 11) is 3.03. The standard InChI is InChI=1S/C8H20N4OS2/c1-2-12-7(13)3-4-14-15-8(11)6(10)5-9/h6,8H,2-5,9-11H2,1H3,(H,12,13). The Hall–Kier alpha value is 0.0500. The molecule has 0 aliphatic rings. The van der Waals surface area contributed by atoms with Crippen LogP contribution in [0.4, 0.5) is 0 Å². The van der Waals surface area contributed by atoms with E-state index in [-0.39, 0.29) is 17.3 Å². The zero-order valence-corrected chi connectivity index (χ0v) is 10.6. The van der Waals surface area contributed by atoms with Crippen molar-refractivity contribution in [3.05, 3.63) is 0 Å². The summed E-state index contributed by atoms with van der Waals surface area (Å²) in [5.41, 5.74) is 16.8. The topological polar surface area (TPSA) is 107 Å². The van der Waals surface area contributed by atoms with E-state index < -0.39 is 0 Å². The van der Waals surface area contributed by atoms with Crippen LogP contribution in [0, 0.1) is 0 Å². The molecule has 15 heavy (non-hydrogen) atoms. The molecule has 0 aromatic heterocycles. The van der Waals surface area contributed by atoms with Crippen molar-refractivity contribution in [1.82, 2.24) is 5.32 Å². The summed E-state index contributed by atoms with van der Waals surface area (Å²) < 4.78 is 0. The lowest BCUT2D eigenvalue weighted by Crippen LogP contribution is -2.43. The van der Waals surface area contributed by atoms with E-state index in [2.05, 4.69) is 5.32 Å². The monoisotopic (exact) mass is 252 g/mol. The Balaban J connectivity index is 3.41. The van der Waals surface area contributed by atoms with Gasteiger partial charge in [-0.15, -0.1) is 0 Å². The number of nitrogens with one attached hydrogen (secondary N) is 1. The van der Waals surface area contributed by atoms with Crippen LogP contribution in [0.5, 0.6) is 0 Å². The Morgan fingerprint density at radius 2 is 2.13 bits per heavy atom. The van der Waals surface area contributed by atoms with Crippen LogP contribution >= 0.6 is 21.6 Å². The van der Waals surface area contributed by atoms with Crippen molar-refractivity contribution >= 4 is 27.5 Å². The molecule has 0 spiro atoms. The minimum atomic E-state index is -0.188. The molecular weight excluding hydrogens is 232 g/mol. The lowest BCUT2D eigenvalue weighted by atomic mass is 10.3. The minimum absolute atomic E-state index is 0.0716. The summed E-state index contributed by atoms with van der Waals surface area (Å²) >= 11 is 0. The van der Waals surface area contributed by atoms with Crippen molar-refractivity contribution < 1.29 is 4.79 Å². The third-order valence-corrected chi connectivity index (χ3v) is 4.31. The first-order valence-corrected chi connectivity index (χ1v) is 7.26. The maximum Gasteiger partial charge on any atom is 0.220 e. The summed E-state index contributed by atoms with van der Waals surface area (Å²) in [5.74, 6) is 0.809. The fourth-order valence-electron chi connectivity index (χ4n) is 0.752. The van der Waals surface area contributed by atoms with Gasteiger partial charge in [0, 0.05) is 31.3 Å². The highest BCUT2D eigenvalue weighted by Crippen LogP contribution is 2.25. The normalized spacial score (nSPS) is 14.7. The molecule has 0 rings (SSSR count). The third-order valence-electron chi connectivity index (χ3n) is 1.66. The van der Waals surface area contributed by atoms with E-state index in [1.165, 1.54) is 10.8 Å². The smallest absolute Gasteiger partial charge is 0.220 e. The number of nitrogens with two attached hydrogens (primary N) is 3. The van der Waals surface area contributed by atoms with Gasteiger partial charge in [0.2, 0.25) is 5.91 Å². The van der Waals surface area contributed by atoms with E-state index in [1.54, 1.807) is 10.8 Å². The molecule has 0 aromatic carbocycles. The predicted molar refractivity (Wildman–Crippen MR) is 68.4 cm³/mol. The Labute approximate surface area is 98.7 Å². The molecule has 1 amide bonds. The van der Waals surface area contributed by atoms with E-state index in [0.29, 0.717) is 19.5 Å². The van der Waals surface area contributed by atoms with Gasteiger partial charge < -0.3 is 22.5 Å². The van der Waals surface area contributed by atoms with Crippen molar-refractivity contribution in [3.63, 3.8) is 0 Å². The molecule has 7 N–H and O–H groups in total. The van der Waals surface area contributed by atoms with Crippen LogP contribution in [0.25, 0.3) is 0 Å². The molecule has 2 unspecified atom stereocenters. The quantitative estimate of drug-likeness (QED) is 0.263. The number of carbonyl (C=O) groups excluding carboxylic acids is 1. The predicted octanol–water partition coefficient (Wildman–Crippen LogP) is -0.535. The van der Waals surface area contributed by atoms with E-state index >= 15 is 0 Å². The van der Waals surface area contributed by atoms with Crippen LogP contribution < -0.4 is 22.5 Å². The summed E-state index contributed by atoms with van der Waals surface area (Å²) in [5, 5.41) is 2.56. The van der Waals surface area contributed by atoms with Crippen LogP contribution in [-0.4, -0.2) is 36.2 Å². The van der Waals surface area contributed by atoms with Crippen molar-refractivity contribution in [2.24, 2.45) is 17.2 Å². The van der Waals surface area contributed by atoms with Crippen molar-refractivity contribution in [1.29, 1.82) is 0 Å². The van der Waals surface area contributed by atoms with Gasteiger partial charge in [0.25, 0.3) is 0 Å². The molecule has 0 heterocycles. The van der Waals surface area contributed by atoms with Gasteiger partial charge in [-0.1, -0.05) is 21.6 Å². The van der Waals surface area contributed by atoms with E-state index in [1.807, 2.05) is 6.92 Å². The minimum Gasteiger partial charge on any atom is -0.356 e. The van der Waals surface area contributed by atoms with Crippen molar-refractivity contribution in [2.75, 3.05) is 18.8 Å². The molecule has 0 bridgehead atoms. The van der Waals surface area contributed by atoms with Crippen LogP contribution in [0.3, 0.4) is 0 Å². The molecule has 0 aliphatic heterocycles. The number of hydrogen-bond donors (Lipinski definition) is 4. The van der Waals surface area contributed by atoms with Gasteiger partial charge in [-0.25, -0.2) is 0 Å². The SMILES string of the molecule is CCNC(=O)CCSSC(N)C(N)CN. The van der Waals surface area contributed by atoms with Gasteiger partial charge in [-0.3, -0.25) is 4.79 Å². The van der Waals surface area contributed by atoms with Crippen LogP contribution in [0.15, 0.2) is 0 Å². The van der Waals surface area contributed by atoms with Gasteiger partial charge >= 0.3 is 0 Å². The molecule has 0 fully saturated rings. The average Bonchev–Trinajstić information content (AvgIpc) is 2.23. The lowest BCUT2D eigenvalue weighted by Gasteiger charge is -2.16. The van der Waals surface area contributed by atoms with Crippen LogP contribution in [0.1, 0.15) is 13.3 Å². The van der Waals surface area contributed by atoms with Gasteiger partial charge in [0.1, 0.15) is 0 Å². The number of carbonyl (C=O) groups is 1. The highest BCUT2D eigenvalue weighted by Gasteiger charge is 2.12. The number of hydrogen-bond acceptors (Lipinski definition) is 6. The van der Waals surface area contributed by atoms with Gasteiger partial charge in [0.05, 0.1) is 5.37 Å². The summed E-state index contributed by atoms with van der Waals surface area (Å²) in [6.07, 6.45) is 0.510. The van der Waals surface area contributed by atoms with Gasteiger partial charge in [-0.05, 0) is 6.92 Å². The second kappa shape index (κ2) is 9.29. The fraction of sp³-hybridized carbons (Fsp3) is 0.875. The molecule has 0 aliphatic carbocycles. The Kier molecular flexibility index (Phi) is 9.32. The Morgan fingerprint density at radius 3 is 2.67 bits per heavy atom. The van der Waals surface area contributed by atoms with Crippen molar-refractivity contribution in [3.8, 4) is 0 Å². The summed E-state index contributed by atoms with van der Waals surface area (Å²) in [6.45, 7) is 2.95. The highest BCUT2D eigenvalue weighted by molar-refractivity contribution is 8.76. The first-order chi connectivity index (χ1) is 7.11. The first-order valence-electron chi connectivity index (χ1n) is 4.88. The molecule has 2 atom stereocenters. The highest BCUT2D eigenvalue weighted by atomic mass is 33.1. The van der Waals surface area contributed by atoms with Crippen molar-refractivity contribution in [2.45, 2.75) is 24.8 Å². The van der Waals surface area contributed by atoms with Gasteiger partial charge in [0.15, 0.2) is 0 Å². The Morgan fingerprint density at radius 1 is 1.47 bits per heavy atom. The second-order valence-electron chi connectivity index (χ2n) is 2.99. The Bertz CT molecular complexity index is 182. The van der Waals surface area contributed by atoms with E-state index in [0.717, 1.165) is 5.75 Å². The van der Waals surface area contributed by atoms with Crippen LogP contribution in [0.2, 0.25) is 0 Å². The molecule has 90 valence electrons. The summed E-state index contributed by atoms with van der Waals surface area (Å²) in [6, 6.07) is -0.188. The average molecular weight is 252 g/mol. The third kappa shape index (κ3) is 7.92. The molecule has 0 radical (unpaired) electrons. The zero-order valence-electron chi connectivity index (χ0n) is 8.94. The largest absolute Gasteiger partial charge is 0.356 e. The first kappa shape index (κ1) is 15.0. The summed E-state index contributed by atoms with van der Waals surface area (Å²) in [4.78, 5) is 11.1. The molecule has 0 aromatic rings. The lowest BCUT2D eigenvalue weighted by molar-refractivity contribution is -0.120. The molecule has 0 saturated carbocycles. The van der Waals surface area contributed by atoms with E-state index in [9.17, 15) is 4.79 Å². The van der Waals surface area contributed by atoms with E-state index in [4.69, 9.17) is 17.2 Å². The molecule has 5 nitrogen and oxygen atoms in total. The van der Waals surface area contributed by atoms with Gasteiger partial charge in [-0.2, -0.15) is 0 Å². The zero-order chi connectivity index (χ0) is 11.7. The fourth-order valence-corrected chi connectivity index (χ4v) is 2.97.